The minimum absolute atomic E-state index is 0. The van der Waals surface area contributed by atoms with E-state index in [1.807, 2.05) is 12.3 Å². The van der Waals surface area contributed by atoms with E-state index >= 15 is 0 Å². The van der Waals surface area contributed by atoms with E-state index in [4.69, 9.17) is 92.4 Å². The van der Waals surface area contributed by atoms with Gasteiger partial charge in [0.15, 0.2) is 0 Å². The van der Waals surface area contributed by atoms with Gasteiger partial charge in [-0.2, -0.15) is 0 Å². The van der Waals surface area contributed by atoms with Crippen molar-refractivity contribution in [3.63, 3.8) is 0 Å². The number of aliphatic hydroxyl groups is 1. The normalized spacial score (nSPS) is 10.7. The molecule has 1 saturated heterocycles. The fourth-order valence-corrected chi connectivity index (χ4v) is 1.04. The van der Waals surface area contributed by atoms with E-state index in [1.54, 1.807) is 27.0 Å². The number of piperidine rings is 1. The molecular formula is C17H37Cl8N6OPt4-. The molecule has 0 spiro atoms. The number of nitrogens with zero attached hydrogens (tertiary/aromatic N) is 3. The zero-order valence-corrected chi connectivity index (χ0v) is 35.2. The van der Waals surface area contributed by atoms with Crippen LogP contribution in [0, 0.1) is 14.0 Å². The SMILES string of the molecule is C1=CN=CC1.C1CC[N-]CC1.CC(C)=[N-].[CH-]=C(C)CO.[CH3-].[Cl][Pt+2][Cl].[Cl][Pt+2][Cl].[Cl][Pt+2][Cl].[Cl][Pt][Cl].[NH2-].[NH2-].[NH2-]. The molecule has 7 nitrogen and oxygen atoms in total. The number of halogens is 8. The van der Waals surface area contributed by atoms with Gasteiger partial charge in [-0.25, -0.2) is 11.3 Å². The largest absolute Gasteiger partial charge is 0.693 e. The Morgan fingerprint density at radius 2 is 1.22 bits per heavy atom. The third-order valence-corrected chi connectivity index (χ3v) is 1.92. The summed E-state index contributed by atoms with van der Waals surface area (Å²) in [6.45, 7) is 12.2. The molecule has 0 unspecified atom stereocenters. The van der Waals surface area contributed by atoms with Crippen molar-refractivity contribution < 1.29 is 71.0 Å². The molecule has 0 aromatic heterocycles. The Bertz CT molecular complexity index is 362. The minimum Gasteiger partial charge on any atom is -0.693 e. The number of hydrogen-bond donors (Lipinski definition) is 1. The number of hydrogen-bond acceptors (Lipinski definition) is 2. The molecule has 19 heteroatoms. The van der Waals surface area contributed by atoms with Gasteiger partial charge in [-0.15, -0.1) is 13.1 Å². The van der Waals surface area contributed by atoms with Crippen molar-refractivity contribution in [2.75, 3.05) is 19.7 Å². The van der Waals surface area contributed by atoms with Crippen LogP contribution >= 0.6 is 75.3 Å². The van der Waals surface area contributed by atoms with Crippen molar-refractivity contribution in [3.8, 4) is 0 Å². The molecule has 7 N–H and O–H groups in total. The van der Waals surface area contributed by atoms with E-state index in [0.29, 0.717) is 11.3 Å². The van der Waals surface area contributed by atoms with Crippen molar-refractivity contribution in [2.24, 2.45) is 4.99 Å². The summed E-state index contributed by atoms with van der Waals surface area (Å²) in [7, 11) is 39.0. The Morgan fingerprint density at radius 1 is 0.944 bits per heavy atom. The van der Waals surface area contributed by atoms with Crippen LogP contribution in [0.3, 0.4) is 0 Å². The molecule has 36 heavy (non-hydrogen) atoms. The minimum atomic E-state index is -0.472. The molecule has 0 bridgehead atoms. The first-order chi connectivity index (χ1) is 15.2. The Kier molecular flexibility index (Phi) is 156. The van der Waals surface area contributed by atoms with Gasteiger partial charge in [0.25, 0.3) is 0 Å². The van der Waals surface area contributed by atoms with Crippen LogP contribution in [0.4, 0.5) is 0 Å². The molecule has 2 aliphatic heterocycles. The van der Waals surface area contributed by atoms with E-state index in [1.165, 1.54) is 19.3 Å². The van der Waals surface area contributed by atoms with Crippen molar-refractivity contribution in [1.82, 2.24) is 0 Å². The third kappa shape index (κ3) is 182. The summed E-state index contributed by atoms with van der Waals surface area (Å²) in [5.41, 5.74) is 0.977. The standard InChI is InChI=1S/C5H10N.C4H5N.C4H7O.C3H6N.CH3.8ClH.3H2N.4Pt/c1-2-4-6-5-3-1;1-2-4-5-3-1;1-4(2)3-5;1-3(2)4;;;;;;;;;;;;;;;;/h1-5H2;1,3-4H,2H2;1,5H,3H2,2H3;1-2H3;1H3;8*1H;3*1H2;;;;/q-1;;3*-1;;;;;;;;;3*-1;+2;3*+4/p-8. The maximum Gasteiger partial charge on any atom is -0.693 e. The molecule has 2 aliphatic rings. The van der Waals surface area contributed by atoms with Crippen LogP contribution in [0.25, 0.3) is 29.2 Å². The number of aliphatic imine (C=N–C) groups is 1. The van der Waals surface area contributed by atoms with E-state index in [9.17, 15) is 0 Å². The zero-order chi connectivity index (χ0) is 26.5. The van der Waals surface area contributed by atoms with Gasteiger partial charge in [0.05, 0.1) is 0 Å². The molecule has 1 fully saturated rings. The predicted octanol–water partition coefficient (Wildman–Crippen LogP) is 12.0. The van der Waals surface area contributed by atoms with E-state index in [-0.39, 0.29) is 32.5 Å². The molecule has 0 amide bonds. The van der Waals surface area contributed by atoms with Gasteiger partial charge in [0.2, 0.25) is 0 Å². The van der Waals surface area contributed by atoms with Crippen LogP contribution in [0.5, 0.6) is 0 Å². The number of rotatable bonds is 1. The fraction of sp³-hybridized carbons (Fsp3) is 0.588. The summed E-state index contributed by atoms with van der Waals surface area (Å²) in [5.74, 6) is 0. The quantitative estimate of drug-likeness (QED) is 0.200. The average Bonchev–Trinajstić information content (AvgIpc) is 3.32. The van der Waals surface area contributed by atoms with Crippen LogP contribution in [-0.4, -0.2) is 36.7 Å². The second kappa shape index (κ2) is 83.3. The van der Waals surface area contributed by atoms with Crippen LogP contribution in [-0.2, 0) is 65.9 Å². The number of nitrogens with two attached hydrogens (primary N) is 3. The summed E-state index contributed by atoms with van der Waals surface area (Å²) in [5, 5.41) is 20.1. The first kappa shape index (κ1) is 67.4. The van der Waals surface area contributed by atoms with E-state index in [0.717, 1.165) is 19.5 Å². The van der Waals surface area contributed by atoms with Crippen molar-refractivity contribution in [2.45, 2.75) is 46.5 Å². The van der Waals surface area contributed by atoms with Gasteiger partial charge in [0.1, 0.15) is 0 Å². The Labute approximate surface area is 286 Å². The van der Waals surface area contributed by atoms with Gasteiger partial charge in [-0.1, -0.05) is 46.1 Å². The summed E-state index contributed by atoms with van der Waals surface area (Å²) < 4.78 is 0. The van der Waals surface area contributed by atoms with Crippen molar-refractivity contribution in [3.05, 3.63) is 61.0 Å². The number of aliphatic hydroxyl groups excluding tert-OH is 1. The van der Waals surface area contributed by atoms with Gasteiger partial charge in [-0.05, 0) is 0 Å². The molecule has 0 aromatic carbocycles. The second-order valence-electron chi connectivity index (χ2n) is 4.82. The fourth-order valence-electron chi connectivity index (χ4n) is 1.04. The monoisotopic (exact) mass is 1400 g/mol. The molecule has 2 heterocycles. The van der Waals surface area contributed by atoms with Crippen molar-refractivity contribution >= 4 is 87.3 Å². The Morgan fingerprint density at radius 3 is 1.28 bits per heavy atom. The molecule has 0 aliphatic carbocycles. The van der Waals surface area contributed by atoms with Gasteiger partial charge < -0.3 is 48.3 Å². The van der Waals surface area contributed by atoms with Gasteiger partial charge in [0, 0.05) is 25.4 Å². The maximum absolute atomic E-state index is 7.98. The van der Waals surface area contributed by atoms with E-state index < -0.39 is 65.9 Å². The molecule has 0 radical (unpaired) electrons. The van der Waals surface area contributed by atoms with Crippen LogP contribution in [0.1, 0.15) is 46.5 Å². The van der Waals surface area contributed by atoms with Crippen molar-refractivity contribution in [1.29, 1.82) is 0 Å². The Hall–Kier alpha value is 3.69. The van der Waals surface area contributed by atoms with Crippen LogP contribution in [0.2, 0.25) is 0 Å². The molecule has 0 atom stereocenters. The maximum atomic E-state index is 7.98. The molecule has 2 rings (SSSR count). The summed E-state index contributed by atoms with van der Waals surface area (Å²) >= 11 is -1.89. The third-order valence-electron chi connectivity index (χ3n) is 1.92. The van der Waals surface area contributed by atoms with Gasteiger partial charge in [-0.3, -0.25) is 4.99 Å². The predicted molar refractivity (Wildman–Crippen MR) is 159 cm³/mol. The van der Waals surface area contributed by atoms with Gasteiger partial charge >= 0.3 is 141 Å². The summed E-state index contributed by atoms with van der Waals surface area (Å²) in [6, 6.07) is 0. The molecule has 0 aromatic rings. The first-order valence-corrected chi connectivity index (χ1v) is 30.5. The second-order valence-corrected chi connectivity index (χ2v) is 17.9. The topological polar surface area (TPSA) is 169 Å². The first-order valence-electron chi connectivity index (χ1n) is 7.94. The van der Waals surface area contributed by atoms with Crippen LogP contribution < -0.4 is 0 Å². The van der Waals surface area contributed by atoms with Crippen LogP contribution in [0.15, 0.2) is 22.8 Å². The average molecular weight is 1410 g/mol. The molecule has 238 valence electrons. The summed E-state index contributed by atoms with van der Waals surface area (Å²) in [4.78, 5) is 3.78. The molecule has 0 saturated carbocycles. The smallest absolute Gasteiger partial charge is 0.693 e. The molecular weight excluding hydrogens is 1370 g/mol. The Balaban J connectivity index is -0.0000000269. The zero-order valence-electron chi connectivity index (χ0n) is 20.1. The van der Waals surface area contributed by atoms with E-state index in [2.05, 4.69) is 10.3 Å². The summed E-state index contributed by atoms with van der Waals surface area (Å²) in [6.07, 6.45) is 10.8. The number of allylic oxidation sites excluding steroid dienone is 1.